The maximum Gasteiger partial charge on any atom is 0.213 e. The Kier molecular flexibility index (Phi) is 13.9. The average Bonchev–Trinajstić information content (AvgIpc) is 3.14. The summed E-state index contributed by atoms with van der Waals surface area (Å²) in [6.45, 7) is 28.3. The van der Waals surface area contributed by atoms with Gasteiger partial charge in [-0.2, -0.15) is 0 Å². The molecule has 0 saturated heterocycles. The molecule has 2 heterocycles. The third kappa shape index (κ3) is 10.1. The molecule has 7 nitrogen and oxygen atoms in total. The van der Waals surface area contributed by atoms with E-state index >= 15 is 0 Å². The van der Waals surface area contributed by atoms with Crippen LogP contribution in [-0.2, 0) is 29.8 Å². The van der Waals surface area contributed by atoms with Gasteiger partial charge in [0.1, 0.15) is 23.0 Å². The summed E-state index contributed by atoms with van der Waals surface area (Å²) in [6.07, 6.45) is 5.78. The van der Waals surface area contributed by atoms with Gasteiger partial charge < -0.3 is 32.7 Å². The summed E-state index contributed by atoms with van der Waals surface area (Å²) in [5, 5.41) is 4.42. The summed E-state index contributed by atoms with van der Waals surface area (Å²) >= 11 is 0. The first-order valence-corrected chi connectivity index (χ1v) is 33.8. The fraction of sp³-hybridized carbons (Fsp3) is 0.500. The number of benzene rings is 4. The van der Waals surface area contributed by atoms with Crippen molar-refractivity contribution < 1.29 is 32.7 Å². The largest absolute Gasteiger partial charge is 0.493 e. The van der Waals surface area contributed by atoms with Crippen molar-refractivity contribution in [3.05, 3.63) is 93.0 Å². The Hall–Kier alpha value is -3.17. The Bertz CT molecular complexity index is 1900. The zero-order valence-corrected chi connectivity index (χ0v) is 42.0. The van der Waals surface area contributed by atoms with E-state index in [4.69, 9.17) is 23.1 Å². The zero-order chi connectivity index (χ0) is 42.9. The van der Waals surface area contributed by atoms with E-state index in [2.05, 4.69) is 102 Å². The molecule has 6 rings (SSSR count). The predicted octanol–water partition coefficient (Wildman–Crippen LogP) is 8.18. The zero-order valence-electron chi connectivity index (χ0n) is 38.0. The van der Waals surface area contributed by atoms with E-state index in [1.165, 1.54) is 10.4 Å². The SMILES string of the molecule is CCCOc1c2cc([Si](C)(C)O)cc1Cc1cc3cc(c1OCCC)Cc1cc([Si](C)(C)O)cc(c1OCCC)Cc1cc(cc(c1OCCC)C2)[Si](C)(C)O[Si]3(C)C. The topological polar surface area (TPSA) is 86.6 Å². The van der Waals surface area contributed by atoms with Crippen molar-refractivity contribution >= 4 is 54.0 Å². The van der Waals surface area contributed by atoms with Crippen molar-refractivity contribution in [2.24, 2.45) is 0 Å². The highest BCUT2D eigenvalue weighted by atomic mass is 28.4. The summed E-state index contributed by atoms with van der Waals surface area (Å²) in [5.74, 6) is 3.57. The summed E-state index contributed by atoms with van der Waals surface area (Å²) in [5.41, 5.74) is 8.61. The highest BCUT2D eigenvalue weighted by molar-refractivity contribution is 6.97. The molecule has 0 spiro atoms. The van der Waals surface area contributed by atoms with Gasteiger partial charge in [0, 0.05) is 25.7 Å². The van der Waals surface area contributed by atoms with Crippen LogP contribution in [0.15, 0.2) is 48.5 Å². The van der Waals surface area contributed by atoms with E-state index in [0.717, 1.165) is 104 Å². The molecular weight excluding hydrogens is 801 g/mol. The van der Waals surface area contributed by atoms with Gasteiger partial charge in [0.15, 0.2) is 0 Å². The van der Waals surface area contributed by atoms with Gasteiger partial charge in [0.2, 0.25) is 33.3 Å². The first-order chi connectivity index (χ1) is 27.8. The van der Waals surface area contributed by atoms with Crippen LogP contribution in [-0.4, -0.2) is 69.3 Å². The monoisotopic (exact) mass is 870 g/mol. The molecule has 0 unspecified atom stereocenters. The Balaban J connectivity index is 1.85. The molecule has 11 heteroatoms. The molecule has 2 aliphatic rings. The van der Waals surface area contributed by atoms with Crippen LogP contribution in [0.3, 0.4) is 0 Å². The minimum absolute atomic E-state index is 0.571. The predicted molar refractivity (Wildman–Crippen MR) is 254 cm³/mol. The third-order valence-corrected chi connectivity index (χ3v) is 22.5. The van der Waals surface area contributed by atoms with Crippen LogP contribution in [0.25, 0.3) is 0 Å². The van der Waals surface area contributed by atoms with Gasteiger partial charge in [-0.3, -0.25) is 0 Å². The standard InChI is InChI=1S/C48H70O7Si4/c1-13-17-51-45-33-21-37-29-43-31-39(47(37)53-19-15-3)23-35-27-42(57(7,8)50)28-36(46(35)52-18-14-2)24-40-32-44(59(11,12)55-58(43,9)10)30-38(48(40)54-20-16-4)22-34(45)26-41(25-33)56(5,6)49/h25-32,49-50H,13-24H2,1-12H3. The molecule has 0 radical (unpaired) electrons. The van der Waals surface area contributed by atoms with Gasteiger partial charge >= 0.3 is 0 Å². The molecule has 0 aromatic heterocycles. The molecule has 4 aromatic rings. The first-order valence-electron chi connectivity index (χ1n) is 22.1. The summed E-state index contributed by atoms with van der Waals surface area (Å²) in [7, 11) is -10.7. The van der Waals surface area contributed by atoms with Crippen molar-refractivity contribution in [1.82, 2.24) is 0 Å². The minimum Gasteiger partial charge on any atom is -0.493 e. The second kappa shape index (κ2) is 18.0. The second-order valence-corrected chi connectivity index (χ2v) is 34.2. The molecule has 0 atom stereocenters. The lowest BCUT2D eigenvalue weighted by Gasteiger charge is -2.36. The van der Waals surface area contributed by atoms with E-state index in [0.29, 0.717) is 52.1 Å². The molecule has 59 heavy (non-hydrogen) atoms. The molecule has 0 saturated carbocycles. The van der Waals surface area contributed by atoms with Gasteiger partial charge in [-0.05, 0) is 143 Å². The van der Waals surface area contributed by atoms with Crippen LogP contribution in [0.4, 0.5) is 0 Å². The lowest BCUT2D eigenvalue weighted by atomic mass is 9.91. The smallest absolute Gasteiger partial charge is 0.213 e. The Morgan fingerprint density at radius 3 is 0.864 bits per heavy atom. The third-order valence-electron chi connectivity index (χ3n) is 11.6. The molecule has 10 bridgehead atoms. The molecule has 0 aliphatic carbocycles. The summed E-state index contributed by atoms with van der Waals surface area (Å²) in [4.78, 5) is 23.6. The van der Waals surface area contributed by atoms with Crippen molar-refractivity contribution in [3.8, 4) is 23.0 Å². The second-order valence-electron chi connectivity index (χ2n) is 18.8. The maximum atomic E-state index is 11.8. The lowest BCUT2D eigenvalue weighted by Crippen LogP contribution is -2.58. The van der Waals surface area contributed by atoms with Crippen molar-refractivity contribution in [1.29, 1.82) is 0 Å². The minimum atomic E-state index is -2.78. The van der Waals surface area contributed by atoms with Crippen molar-refractivity contribution in [2.45, 2.75) is 131 Å². The number of hydrogen-bond donors (Lipinski definition) is 2. The van der Waals surface area contributed by atoms with Crippen molar-refractivity contribution in [3.63, 3.8) is 0 Å². The number of fused-ring (bicyclic) bond motifs is 10. The van der Waals surface area contributed by atoms with Gasteiger partial charge in [-0.15, -0.1) is 0 Å². The summed E-state index contributed by atoms with van der Waals surface area (Å²) < 4.78 is 35.1. The molecule has 320 valence electrons. The van der Waals surface area contributed by atoms with Crippen molar-refractivity contribution in [2.75, 3.05) is 26.4 Å². The Morgan fingerprint density at radius 2 is 0.661 bits per heavy atom. The van der Waals surface area contributed by atoms with E-state index in [1.54, 1.807) is 0 Å². The molecular formula is C48H70O7Si4. The van der Waals surface area contributed by atoms with Crippen LogP contribution < -0.4 is 39.7 Å². The van der Waals surface area contributed by atoms with Gasteiger partial charge in [0.25, 0.3) is 0 Å². The molecule has 2 aliphatic heterocycles. The average molecular weight is 871 g/mol. The fourth-order valence-corrected chi connectivity index (χ4v) is 18.8. The Labute approximate surface area is 359 Å². The number of hydrogen-bond acceptors (Lipinski definition) is 7. The van der Waals surface area contributed by atoms with E-state index < -0.39 is 33.3 Å². The maximum absolute atomic E-state index is 11.8. The van der Waals surface area contributed by atoms with E-state index in [9.17, 15) is 9.59 Å². The van der Waals surface area contributed by atoms with Crippen LogP contribution in [0.1, 0.15) is 97.9 Å². The van der Waals surface area contributed by atoms with E-state index in [-0.39, 0.29) is 0 Å². The first kappa shape index (κ1) is 45.4. The summed E-state index contributed by atoms with van der Waals surface area (Å²) in [6, 6.07) is 18.3. The number of ether oxygens (including phenoxy) is 4. The van der Waals surface area contributed by atoms with Gasteiger partial charge in [0.05, 0.1) is 26.4 Å². The highest BCUT2D eigenvalue weighted by Gasteiger charge is 2.39. The lowest BCUT2D eigenvalue weighted by molar-refractivity contribution is 0.305. The van der Waals surface area contributed by atoms with Crippen LogP contribution in [0.5, 0.6) is 23.0 Å². The molecule has 0 amide bonds. The van der Waals surface area contributed by atoms with Gasteiger partial charge in [-0.25, -0.2) is 0 Å². The highest BCUT2D eigenvalue weighted by Crippen LogP contribution is 2.40. The fourth-order valence-electron chi connectivity index (χ4n) is 8.60. The normalized spacial score (nSPS) is 15.8. The molecule has 2 N–H and O–H groups in total. The molecule has 4 aromatic carbocycles. The van der Waals surface area contributed by atoms with Crippen LogP contribution in [0, 0.1) is 0 Å². The van der Waals surface area contributed by atoms with Crippen LogP contribution in [0.2, 0.25) is 52.4 Å². The van der Waals surface area contributed by atoms with E-state index in [1.807, 2.05) is 26.2 Å². The quantitative estimate of drug-likeness (QED) is 0.109. The Morgan fingerprint density at radius 1 is 0.441 bits per heavy atom. The molecule has 0 fully saturated rings. The van der Waals surface area contributed by atoms with Crippen LogP contribution >= 0.6 is 0 Å². The van der Waals surface area contributed by atoms with Gasteiger partial charge in [-0.1, -0.05) is 76.2 Å². The number of rotatable bonds is 14.